The average molecular weight is 389 g/mol. The molecule has 0 aliphatic carbocycles. The predicted octanol–water partition coefficient (Wildman–Crippen LogP) is 3.85. The van der Waals surface area contributed by atoms with Crippen LogP contribution in [0.3, 0.4) is 0 Å². The number of aliphatic imine (C=N–C) groups is 1. The maximum absolute atomic E-state index is 13.0. The quantitative estimate of drug-likeness (QED) is 0.639. The van der Waals surface area contributed by atoms with Gasteiger partial charge in [-0.1, -0.05) is 59.8 Å². The van der Waals surface area contributed by atoms with Crippen LogP contribution >= 0.6 is 11.8 Å². The summed E-state index contributed by atoms with van der Waals surface area (Å²) in [4.78, 5) is 30.1. The van der Waals surface area contributed by atoms with E-state index in [0.29, 0.717) is 15.5 Å². The van der Waals surface area contributed by atoms with Gasteiger partial charge < -0.3 is 0 Å². The number of amides is 1. The van der Waals surface area contributed by atoms with Crippen LogP contribution in [0.4, 0.5) is 0 Å². The normalized spacial score (nSPS) is 15.3. The lowest BCUT2D eigenvalue weighted by molar-refractivity contribution is -0.113. The van der Waals surface area contributed by atoms with Crippen LogP contribution in [0.25, 0.3) is 11.8 Å². The van der Waals surface area contributed by atoms with Gasteiger partial charge in [0.25, 0.3) is 11.5 Å². The number of aryl methyl sites for hydroxylation is 1. The smallest absolute Gasteiger partial charge is 0.284 e. The minimum Gasteiger partial charge on any atom is -0.285 e. The van der Waals surface area contributed by atoms with Gasteiger partial charge in [-0.15, -0.1) is 0 Å². The van der Waals surface area contributed by atoms with Gasteiger partial charge in [-0.25, -0.2) is 9.67 Å². The standard InChI is InChI=1S/C22H19N3O2S/c1-14-9-11-16(12-10-14)21-23-20(26)19(28-21)13-18-15(2)24(3)25(22(18)27)17-7-5-4-6-8-17/h4-13H,1-3H3/b19-13+. The van der Waals surface area contributed by atoms with Crippen LogP contribution in [0.15, 0.2) is 69.3 Å². The Morgan fingerprint density at radius 1 is 0.964 bits per heavy atom. The molecule has 0 saturated carbocycles. The number of aromatic nitrogens is 2. The van der Waals surface area contributed by atoms with Crippen molar-refractivity contribution in [3.8, 4) is 5.69 Å². The van der Waals surface area contributed by atoms with Crippen molar-refractivity contribution in [2.24, 2.45) is 12.0 Å². The minimum atomic E-state index is -0.311. The number of rotatable bonds is 3. The first kappa shape index (κ1) is 18.3. The zero-order valence-electron chi connectivity index (χ0n) is 15.8. The minimum absolute atomic E-state index is 0.157. The second kappa shape index (κ2) is 7.13. The van der Waals surface area contributed by atoms with Crippen molar-refractivity contribution in [1.29, 1.82) is 0 Å². The van der Waals surface area contributed by atoms with Crippen molar-refractivity contribution in [3.05, 3.63) is 92.2 Å². The van der Waals surface area contributed by atoms with E-state index < -0.39 is 0 Å². The highest BCUT2D eigenvalue weighted by Gasteiger charge is 2.25. The molecule has 0 fully saturated rings. The molecule has 1 amide bonds. The summed E-state index contributed by atoms with van der Waals surface area (Å²) in [6, 6.07) is 17.3. The van der Waals surface area contributed by atoms with Crippen LogP contribution in [-0.4, -0.2) is 20.3 Å². The molecule has 0 spiro atoms. The molecule has 1 aliphatic rings. The van der Waals surface area contributed by atoms with Gasteiger partial charge >= 0.3 is 0 Å². The summed E-state index contributed by atoms with van der Waals surface area (Å²) in [7, 11) is 1.84. The summed E-state index contributed by atoms with van der Waals surface area (Å²) in [5.41, 5.74) is 3.97. The Hall–Kier alpha value is -3.12. The van der Waals surface area contributed by atoms with Crippen molar-refractivity contribution < 1.29 is 4.79 Å². The molecule has 0 radical (unpaired) electrons. The van der Waals surface area contributed by atoms with Crippen LogP contribution < -0.4 is 5.56 Å². The molecule has 1 aliphatic heterocycles. The molecular weight excluding hydrogens is 370 g/mol. The predicted molar refractivity (Wildman–Crippen MR) is 114 cm³/mol. The number of benzene rings is 2. The Kier molecular flexibility index (Phi) is 4.65. The summed E-state index contributed by atoms with van der Waals surface area (Å²) in [6.45, 7) is 3.89. The third-order valence-electron chi connectivity index (χ3n) is 4.79. The van der Waals surface area contributed by atoms with Crippen molar-refractivity contribution in [2.45, 2.75) is 13.8 Å². The summed E-state index contributed by atoms with van der Waals surface area (Å²) < 4.78 is 3.41. The number of carbonyl (C=O) groups excluding carboxylic acids is 1. The molecule has 0 atom stereocenters. The van der Waals surface area contributed by atoms with Crippen LogP contribution in [0.5, 0.6) is 0 Å². The Bertz CT molecular complexity index is 1180. The Morgan fingerprint density at radius 3 is 2.32 bits per heavy atom. The van der Waals surface area contributed by atoms with Gasteiger partial charge in [-0.3, -0.25) is 14.3 Å². The second-order valence-electron chi connectivity index (χ2n) is 6.67. The number of carbonyl (C=O) groups is 1. The van der Waals surface area contributed by atoms with Crippen molar-refractivity contribution in [1.82, 2.24) is 9.36 Å². The maximum Gasteiger partial charge on any atom is 0.284 e. The lowest BCUT2D eigenvalue weighted by Crippen LogP contribution is -2.20. The number of para-hydroxylation sites is 1. The molecule has 0 bridgehead atoms. The van der Waals surface area contributed by atoms with Crippen molar-refractivity contribution in [2.75, 3.05) is 0 Å². The maximum atomic E-state index is 13.0. The molecule has 6 heteroatoms. The van der Waals surface area contributed by atoms with Crippen LogP contribution in [0, 0.1) is 13.8 Å². The zero-order valence-corrected chi connectivity index (χ0v) is 16.7. The average Bonchev–Trinajstić information content (AvgIpc) is 3.16. The number of nitrogens with zero attached hydrogens (tertiary/aromatic N) is 3. The topological polar surface area (TPSA) is 56.4 Å². The van der Waals surface area contributed by atoms with E-state index in [2.05, 4.69) is 4.99 Å². The first-order chi connectivity index (χ1) is 13.5. The van der Waals surface area contributed by atoms with Gasteiger partial charge in [-0.05, 0) is 32.1 Å². The van der Waals surface area contributed by atoms with E-state index >= 15 is 0 Å². The SMILES string of the molecule is Cc1ccc(C2=NC(=O)/C(=C\c3c(C)n(C)n(-c4ccccc4)c3=O)S2)cc1. The van der Waals surface area contributed by atoms with E-state index in [9.17, 15) is 9.59 Å². The highest BCUT2D eigenvalue weighted by Crippen LogP contribution is 2.32. The molecule has 2 aromatic carbocycles. The largest absolute Gasteiger partial charge is 0.285 e. The molecule has 28 heavy (non-hydrogen) atoms. The molecule has 140 valence electrons. The van der Waals surface area contributed by atoms with E-state index in [1.54, 1.807) is 15.4 Å². The molecule has 1 aromatic heterocycles. The molecule has 4 rings (SSSR count). The van der Waals surface area contributed by atoms with Gasteiger partial charge in [0, 0.05) is 18.3 Å². The Morgan fingerprint density at radius 2 is 1.64 bits per heavy atom. The highest BCUT2D eigenvalue weighted by molar-refractivity contribution is 8.19. The Balaban J connectivity index is 1.72. The third kappa shape index (κ3) is 3.16. The number of thioether (sulfide) groups is 1. The summed E-state index contributed by atoms with van der Waals surface area (Å²) in [5, 5.41) is 0.660. The van der Waals surface area contributed by atoms with Gasteiger partial charge in [0.15, 0.2) is 0 Å². The van der Waals surface area contributed by atoms with Crippen LogP contribution in [-0.2, 0) is 11.8 Å². The Labute approximate surface area is 167 Å². The molecule has 0 saturated heterocycles. The third-order valence-corrected chi connectivity index (χ3v) is 5.83. The van der Waals surface area contributed by atoms with Gasteiger partial charge in [-0.2, -0.15) is 0 Å². The highest BCUT2D eigenvalue weighted by atomic mass is 32.2. The summed E-state index contributed by atoms with van der Waals surface area (Å²) in [6.07, 6.45) is 1.66. The molecular formula is C22H19N3O2S. The van der Waals surface area contributed by atoms with E-state index in [1.807, 2.05) is 75.5 Å². The monoisotopic (exact) mass is 389 g/mol. The van der Waals surface area contributed by atoms with E-state index in [-0.39, 0.29) is 11.5 Å². The zero-order chi connectivity index (χ0) is 19.8. The van der Waals surface area contributed by atoms with E-state index in [1.165, 1.54) is 11.8 Å². The fourth-order valence-electron chi connectivity index (χ4n) is 3.12. The first-order valence-corrected chi connectivity index (χ1v) is 9.71. The van der Waals surface area contributed by atoms with Gasteiger partial charge in [0.2, 0.25) is 0 Å². The lowest BCUT2D eigenvalue weighted by atomic mass is 10.2. The number of hydrogen-bond donors (Lipinski definition) is 0. The summed E-state index contributed by atoms with van der Waals surface area (Å²) in [5.74, 6) is -0.311. The molecule has 2 heterocycles. The van der Waals surface area contributed by atoms with E-state index in [4.69, 9.17) is 0 Å². The second-order valence-corrected chi connectivity index (χ2v) is 7.70. The fourth-order valence-corrected chi connectivity index (χ4v) is 4.02. The van der Waals surface area contributed by atoms with Gasteiger partial charge in [0.05, 0.1) is 16.2 Å². The van der Waals surface area contributed by atoms with Crippen LogP contribution in [0.2, 0.25) is 0 Å². The van der Waals surface area contributed by atoms with Crippen molar-refractivity contribution in [3.63, 3.8) is 0 Å². The molecule has 0 unspecified atom stereocenters. The fraction of sp³-hybridized carbons (Fsp3) is 0.136. The van der Waals surface area contributed by atoms with Crippen molar-refractivity contribution >= 4 is 28.8 Å². The van der Waals surface area contributed by atoms with E-state index in [0.717, 1.165) is 22.5 Å². The molecule has 3 aromatic rings. The van der Waals surface area contributed by atoms with Crippen LogP contribution in [0.1, 0.15) is 22.4 Å². The molecule has 0 N–H and O–H groups in total. The number of hydrogen-bond acceptors (Lipinski definition) is 3. The summed E-state index contributed by atoms with van der Waals surface area (Å²) >= 11 is 1.31. The molecule has 5 nitrogen and oxygen atoms in total. The lowest BCUT2D eigenvalue weighted by Gasteiger charge is -2.07. The van der Waals surface area contributed by atoms with Gasteiger partial charge in [0.1, 0.15) is 5.04 Å². The first-order valence-electron chi connectivity index (χ1n) is 8.89.